The molecule has 5 heteroatoms. The first kappa shape index (κ1) is 16.4. The van der Waals surface area contributed by atoms with Gasteiger partial charge in [-0.1, -0.05) is 20.3 Å². The molecule has 0 aliphatic heterocycles. The molecule has 0 heterocycles. The third-order valence-corrected chi connectivity index (χ3v) is 2.32. The van der Waals surface area contributed by atoms with Crippen LogP contribution in [0.4, 0.5) is 0 Å². The predicted octanol–water partition coefficient (Wildman–Crippen LogP) is 0.961. The van der Waals surface area contributed by atoms with Gasteiger partial charge in [-0.05, 0) is 19.4 Å². The normalized spacial score (nSPS) is 12.9. The number of nitrogens with zero attached hydrogens (tertiary/aromatic N) is 1. The summed E-state index contributed by atoms with van der Waals surface area (Å²) in [6, 6.07) is 0. The number of aliphatic hydroxyl groups excluding tert-OH is 1. The second kappa shape index (κ2) is 10.5. The van der Waals surface area contributed by atoms with Gasteiger partial charge in [-0.25, -0.2) is 0 Å². The predicted molar refractivity (Wildman–Crippen MR) is 66.1 cm³/mol. The van der Waals surface area contributed by atoms with E-state index < -0.39 is 12.1 Å². The lowest BCUT2D eigenvalue weighted by Crippen LogP contribution is -2.38. The Kier molecular flexibility index (Phi) is 10.1. The van der Waals surface area contributed by atoms with E-state index in [-0.39, 0.29) is 13.2 Å². The first-order chi connectivity index (χ1) is 8.10. The molecule has 0 fully saturated rings. The fourth-order valence-electron chi connectivity index (χ4n) is 1.56. The van der Waals surface area contributed by atoms with E-state index >= 15 is 0 Å². The first-order valence-electron chi connectivity index (χ1n) is 6.30. The molecule has 0 amide bonds. The van der Waals surface area contributed by atoms with Crippen molar-refractivity contribution in [2.75, 3.05) is 32.8 Å². The van der Waals surface area contributed by atoms with Crippen LogP contribution >= 0.6 is 0 Å². The summed E-state index contributed by atoms with van der Waals surface area (Å²) in [5, 5.41) is 18.4. The van der Waals surface area contributed by atoms with Crippen LogP contribution in [0.2, 0.25) is 0 Å². The monoisotopic (exact) mass is 247 g/mol. The van der Waals surface area contributed by atoms with Gasteiger partial charge in [0.15, 0.2) is 0 Å². The van der Waals surface area contributed by atoms with Crippen LogP contribution in [0.3, 0.4) is 0 Å². The highest BCUT2D eigenvalue weighted by atomic mass is 16.5. The third-order valence-electron chi connectivity index (χ3n) is 2.32. The van der Waals surface area contributed by atoms with E-state index in [2.05, 4.69) is 6.92 Å². The van der Waals surface area contributed by atoms with Crippen molar-refractivity contribution >= 4 is 5.97 Å². The largest absolute Gasteiger partial charge is 0.480 e. The molecule has 0 aliphatic rings. The fraction of sp³-hybridized carbons (Fsp3) is 0.917. The molecule has 0 aliphatic carbocycles. The number of carboxylic acid groups (broad SMARTS) is 1. The number of aliphatic hydroxyl groups is 1. The van der Waals surface area contributed by atoms with Gasteiger partial charge in [0.25, 0.3) is 0 Å². The molecule has 102 valence electrons. The molecule has 0 aromatic heterocycles. The van der Waals surface area contributed by atoms with Gasteiger partial charge < -0.3 is 14.9 Å². The van der Waals surface area contributed by atoms with E-state index in [1.165, 1.54) is 0 Å². The summed E-state index contributed by atoms with van der Waals surface area (Å²) in [6.45, 7) is 6.00. The van der Waals surface area contributed by atoms with E-state index in [4.69, 9.17) is 9.84 Å². The smallest absolute Gasteiger partial charge is 0.317 e. The van der Waals surface area contributed by atoms with Crippen LogP contribution in [0.5, 0.6) is 0 Å². The molecule has 0 saturated carbocycles. The molecule has 0 bridgehead atoms. The Morgan fingerprint density at radius 3 is 2.59 bits per heavy atom. The van der Waals surface area contributed by atoms with Crippen LogP contribution in [-0.2, 0) is 9.53 Å². The molecule has 0 aromatic carbocycles. The highest BCUT2D eigenvalue weighted by Gasteiger charge is 2.13. The van der Waals surface area contributed by atoms with E-state index in [9.17, 15) is 9.90 Å². The van der Waals surface area contributed by atoms with Gasteiger partial charge in [-0.2, -0.15) is 0 Å². The average Bonchev–Trinajstić information content (AvgIpc) is 2.24. The number of carbonyl (C=O) groups is 1. The van der Waals surface area contributed by atoms with Crippen molar-refractivity contribution < 1.29 is 19.7 Å². The maximum atomic E-state index is 10.6. The Hall–Kier alpha value is -0.650. The molecule has 5 nitrogen and oxygen atoms in total. The van der Waals surface area contributed by atoms with E-state index in [0.29, 0.717) is 19.7 Å². The maximum absolute atomic E-state index is 10.6. The van der Waals surface area contributed by atoms with Crippen LogP contribution in [0.25, 0.3) is 0 Å². The lowest BCUT2D eigenvalue weighted by molar-refractivity contribution is -0.138. The second-order valence-corrected chi connectivity index (χ2v) is 4.21. The van der Waals surface area contributed by atoms with Crippen LogP contribution in [0.15, 0.2) is 0 Å². The van der Waals surface area contributed by atoms with Crippen LogP contribution in [0, 0.1) is 0 Å². The van der Waals surface area contributed by atoms with Crippen molar-refractivity contribution in [1.82, 2.24) is 4.90 Å². The first-order valence-corrected chi connectivity index (χ1v) is 6.30. The van der Waals surface area contributed by atoms with Gasteiger partial charge >= 0.3 is 5.97 Å². The maximum Gasteiger partial charge on any atom is 0.317 e. The topological polar surface area (TPSA) is 70.0 Å². The molecule has 0 radical (unpaired) electrons. The number of hydrogen-bond donors (Lipinski definition) is 2. The van der Waals surface area contributed by atoms with Gasteiger partial charge in [-0.3, -0.25) is 9.69 Å². The van der Waals surface area contributed by atoms with E-state index in [0.717, 1.165) is 19.3 Å². The minimum Gasteiger partial charge on any atom is -0.480 e. The molecule has 1 unspecified atom stereocenters. The molecular formula is C12H25NO4. The zero-order valence-electron chi connectivity index (χ0n) is 10.9. The van der Waals surface area contributed by atoms with Gasteiger partial charge in [-0.15, -0.1) is 0 Å². The van der Waals surface area contributed by atoms with Gasteiger partial charge in [0.1, 0.15) is 0 Å². The molecule has 1 atom stereocenters. The summed E-state index contributed by atoms with van der Waals surface area (Å²) in [5.74, 6) is -0.863. The van der Waals surface area contributed by atoms with Gasteiger partial charge in [0.05, 0.1) is 19.3 Å². The summed E-state index contributed by atoms with van der Waals surface area (Å²) < 4.78 is 5.30. The van der Waals surface area contributed by atoms with Crippen molar-refractivity contribution in [3.05, 3.63) is 0 Å². The van der Waals surface area contributed by atoms with Gasteiger partial charge in [0, 0.05) is 13.2 Å². The Morgan fingerprint density at radius 1 is 1.35 bits per heavy atom. The van der Waals surface area contributed by atoms with Crippen molar-refractivity contribution in [3.63, 3.8) is 0 Å². The minimum atomic E-state index is -0.863. The number of rotatable bonds is 11. The van der Waals surface area contributed by atoms with Crippen molar-refractivity contribution in [2.24, 2.45) is 0 Å². The van der Waals surface area contributed by atoms with Crippen molar-refractivity contribution in [3.8, 4) is 0 Å². The molecule has 0 saturated heterocycles. The molecule has 0 spiro atoms. The number of aliphatic carboxylic acids is 1. The summed E-state index contributed by atoms with van der Waals surface area (Å²) in [4.78, 5) is 12.3. The number of ether oxygens (including phenoxy) is 1. The van der Waals surface area contributed by atoms with Crippen molar-refractivity contribution in [1.29, 1.82) is 0 Å². The Morgan fingerprint density at radius 2 is 2.06 bits per heavy atom. The molecular weight excluding hydrogens is 222 g/mol. The second-order valence-electron chi connectivity index (χ2n) is 4.21. The lowest BCUT2D eigenvalue weighted by Gasteiger charge is -2.22. The number of hydrogen-bond acceptors (Lipinski definition) is 4. The summed E-state index contributed by atoms with van der Waals surface area (Å²) in [5.41, 5.74) is 0. The summed E-state index contributed by atoms with van der Waals surface area (Å²) in [6.07, 6.45) is 2.31. The Balaban J connectivity index is 3.77. The van der Waals surface area contributed by atoms with E-state index in [1.807, 2.05) is 6.92 Å². The van der Waals surface area contributed by atoms with Gasteiger partial charge in [0.2, 0.25) is 0 Å². The van der Waals surface area contributed by atoms with Crippen molar-refractivity contribution in [2.45, 2.75) is 39.2 Å². The standard InChI is InChI=1S/C12H25NO4/c1-3-5-7-17-10-11(14)8-13(6-4-2)9-12(15)16/h11,14H,3-10H2,1-2H3,(H,15,16). The molecule has 0 aromatic rings. The van der Waals surface area contributed by atoms with Crippen LogP contribution in [-0.4, -0.2) is 60.0 Å². The fourth-order valence-corrected chi connectivity index (χ4v) is 1.56. The average molecular weight is 247 g/mol. The molecule has 17 heavy (non-hydrogen) atoms. The lowest BCUT2D eigenvalue weighted by atomic mass is 10.3. The Bertz CT molecular complexity index is 199. The molecule has 2 N–H and O–H groups in total. The Labute approximate surface area is 103 Å². The highest BCUT2D eigenvalue weighted by Crippen LogP contribution is 1.97. The third kappa shape index (κ3) is 10.2. The number of unbranched alkanes of at least 4 members (excludes halogenated alkanes) is 1. The summed E-state index contributed by atoms with van der Waals surface area (Å²) >= 11 is 0. The van der Waals surface area contributed by atoms with E-state index in [1.54, 1.807) is 4.90 Å². The SMILES string of the molecule is CCCCOCC(O)CN(CCC)CC(=O)O. The number of carboxylic acids is 1. The molecule has 0 rings (SSSR count). The quantitative estimate of drug-likeness (QED) is 0.532. The zero-order valence-corrected chi connectivity index (χ0v) is 10.9. The minimum absolute atomic E-state index is 0.0279. The highest BCUT2D eigenvalue weighted by molar-refractivity contribution is 5.69. The summed E-state index contributed by atoms with van der Waals surface area (Å²) in [7, 11) is 0. The van der Waals surface area contributed by atoms with Crippen LogP contribution < -0.4 is 0 Å². The van der Waals surface area contributed by atoms with Crippen LogP contribution in [0.1, 0.15) is 33.1 Å². The zero-order chi connectivity index (χ0) is 13.1.